The Hall–Kier alpha value is -0.920. The lowest BCUT2D eigenvalue weighted by atomic mass is 10.4. The summed E-state index contributed by atoms with van der Waals surface area (Å²) in [7, 11) is -0.475. The molecule has 106 valence electrons. The van der Waals surface area contributed by atoms with Gasteiger partial charge in [0.15, 0.2) is 0 Å². The monoisotopic (exact) mass is 348 g/mol. The summed E-state index contributed by atoms with van der Waals surface area (Å²) in [6.45, 7) is 1.79. The molecule has 0 saturated carbocycles. The van der Waals surface area contributed by atoms with E-state index in [0.717, 1.165) is 4.31 Å². The van der Waals surface area contributed by atoms with Crippen molar-refractivity contribution in [2.75, 3.05) is 27.2 Å². The molecule has 0 radical (unpaired) electrons. The maximum atomic E-state index is 12.5. The Balaban J connectivity index is 3.10. The summed E-state index contributed by atoms with van der Waals surface area (Å²) in [6.07, 6.45) is 0. The predicted octanol–water partition coefficient (Wildman–Crippen LogP) is 1.55. The highest BCUT2D eigenvalue weighted by atomic mass is 79.9. The summed E-state index contributed by atoms with van der Waals surface area (Å²) in [5.41, 5.74) is 0. The summed E-state index contributed by atoms with van der Waals surface area (Å²) in [5.74, 6) is -0.252. The number of rotatable bonds is 5. The average Bonchev–Trinajstić information content (AvgIpc) is 2.35. The number of nitrogens with zero attached hydrogens (tertiary/aromatic N) is 2. The Morgan fingerprint density at radius 3 is 2.32 bits per heavy atom. The Labute approximate surface area is 122 Å². The highest BCUT2D eigenvalue weighted by Crippen LogP contribution is 2.24. The number of sulfonamides is 1. The SMILES string of the molecule is CCN(CC(=O)N(C)C)S(=O)(=O)c1ccccc1Br. The zero-order valence-corrected chi connectivity index (χ0v) is 13.5. The summed E-state index contributed by atoms with van der Waals surface area (Å²) >= 11 is 3.22. The van der Waals surface area contributed by atoms with Crippen molar-refractivity contribution in [1.29, 1.82) is 0 Å². The van der Waals surface area contributed by atoms with Gasteiger partial charge < -0.3 is 4.90 Å². The number of likely N-dealkylation sites (N-methyl/N-ethyl adjacent to an activating group) is 2. The van der Waals surface area contributed by atoms with Crippen LogP contribution in [0.5, 0.6) is 0 Å². The van der Waals surface area contributed by atoms with Crippen LogP contribution in [-0.2, 0) is 14.8 Å². The number of carbonyl (C=O) groups excluding carboxylic acids is 1. The number of halogens is 1. The van der Waals surface area contributed by atoms with Crippen LogP contribution >= 0.6 is 15.9 Å². The molecule has 0 atom stereocenters. The van der Waals surface area contributed by atoms with Gasteiger partial charge in [0, 0.05) is 25.1 Å². The van der Waals surface area contributed by atoms with Crippen LogP contribution < -0.4 is 0 Å². The lowest BCUT2D eigenvalue weighted by molar-refractivity contribution is -0.128. The summed E-state index contributed by atoms with van der Waals surface area (Å²) in [4.78, 5) is 13.2. The molecule has 1 amide bonds. The molecule has 7 heteroatoms. The molecule has 0 bridgehead atoms. The van der Waals surface area contributed by atoms with Crippen LogP contribution in [0.3, 0.4) is 0 Å². The van der Waals surface area contributed by atoms with Gasteiger partial charge in [-0.15, -0.1) is 0 Å². The topological polar surface area (TPSA) is 57.7 Å². The molecule has 0 aromatic heterocycles. The van der Waals surface area contributed by atoms with Crippen molar-refractivity contribution in [3.63, 3.8) is 0 Å². The number of amides is 1. The summed E-state index contributed by atoms with van der Waals surface area (Å²) in [5, 5.41) is 0. The minimum absolute atomic E-state index is 0.160. The molecule has 5 nitrogen and oxygen atoms in total. The van der Waals surface area contributed by atoms with Crippen LogP contribution in [0.15, 0.2) is 33.6 Å². The third kappa shape index (κ3) is 3.77. The van der Waals surface area contributed by atoms with E-state index in [-0.39, 0.29) is 23.9 Å². The van der Waals surface area contributed by atoms with Crippen molar-refractivity contribution in [3.8, 4) is 0 Å². The van der Waals surface area contributed by atoms with Gasteiger partial charge in [0.25, 0.3) is 0 Å². The Morgan fingerprint density at radius 1 is 1.26 bits per heavy atom. The van der Waals surface area contributed by atoms with E-state index in [9.17, 15) is 13.2 Å². The first kappa shape index (κ1) is 16.1. The largest absolute Gasteiger partial charge is 0.348 e. The minimum Gasteiger partial charge on any atom is -0.348 e. The van der Waals surface area contributed by atoms with Crippen LogP contribution in [0.1, 0.15) is 6.92 Å². The Kier molecular flexibility index (Phi) is 5.51. The molecule has 0 heterocycles. The molecule has 0 spiro atoms. The molecule has 0 aliphatic carbocycles. The van der Waals surface area contributed by atoms with Crippen LogP contribution in [0.2, 0.25) is 0 Å². The zero-order valence-electron chi connectivity index (χ0n) is 11.1. The maximum Gasteiger partial charge on any atom is 0.244 e. The lowest BCUT2D eigenvalue weighted by Gasteiger charge is -2.22. The van der Waals surface area contributed by atoms with Crippen LogP contribution in [0, 0.1) is 0 Å². The van der Waals surface area contributed by atoms with Crippen LogP contribution in [0.25, 0.3) is 0 Å². The predicted molar refractivity (Wildman–Crippen MR) is 77.3 cm³/mol. The minimum atomic E-state index is -3.67. The van der Waals surface area contributed by atoms with Gasteiger partial charge in [-0.1, -0.05) is 19.1 Å². The van der Waals surface area contributed by atoms with E-state index in [1.807, 2.05) is 0 Å². The molecule has 0 saturated heterocycles. The van der Waals surface area contributed by atoms with E-state index in [1.165, 1.54) is 11.0 Å². The first-order valence-corrected chi connectivity index (χ1v) is 7.98. The second kappa shape index (κ2) is 6.49. The molecule has 1 rings (SSSR count). The normalized spacial score (nSPS) is 11.6. The fourth-order valence-electron chi connectivity index (χ4n) is 1.45. The molecular weight excluding hydrogens is 332 g/mol. The average molecular weight is 349 g/mol. The molecule has 0 aliphatic heterocycles. The molecule has 19 heavy (non-hydrogen) atoms. The third-order valence-corrected chi connectivity index (χ3v) is 5.55. The van der Waals surface area contributed by atoms with Crippen molar-refractivity contribution >= 4 is 31.9 Å². The van der Waals surface area contributed by atoms with Crippen molar-refractivity contribution < 1.29 is 13.2 Å². The summed E-state index contributed by atoms with van der Waals surface area (Å²) < 4.78 is 26.6. The number of hydrogen-bond donors (Lipinski definition) is 0. The molecule has 1 aromatic carbocycles. The van der Waals surface area contributed by atoms with E-state index in [1.54, 1.807) is 39.2 Å². The van der Waals surface area contributed by atoms with Crippen LogP contribution in [-0.4, -0.2) is 50.7 Å². The smallest absolute Gasteiger partial charge is 0.244 e. The molecule has 0 fully saturated rings. The van der Waals surface area contributed by atoms with Crippen LogP contribution in [0.4, 0.5) is 0 Å². The van der Waals surface area contributed by atoms with Crippen molar-refractivity contribution in [2.45, 2.75) is 11.8 Å². The van der Waals surface area contributed by atoms with Gasteiger partial charge in [-0.2, -0.15) is 4.31 Å². The quantitative estimate of drug-likeness (QED) is 0.811. The van der Waals surface area contributed by atoms with Gasteiger partial charge in [-0.3, -0.25) is 4.79 Å². The summed E-state index contributed by atoms with van der Waals surface area (Å²) in [6, 6.07) is 6.57. The third-order valence-electron chi connectivity index (χ3n) is 2.62. The standard InChI is InChI=1S/C12H17BrN2O3S/c1-4-15(9-12(16)14(2)3)19(17,18)11-8-6-5-7-10(11)13/h5-8H,4,9H2,1-3H3. The molecule has 0 unspecified atom stereocenters. The van der Waals surface area contributed by atoms with Crippen molar-refractivity contribution in [1.82, 2.24) is 9.21 Å². The highest BCUT2D eigenvalue weighted by molar-refractivity contribution is 9.10. The molecule has 1 aromatic rings. The fourth-order valence-corrected chi connectivity index (χ4v) is 3.81. The lowest BCUT2D eigenvalue weighted by Crippen LogP contribution is -2.40. The van der Waals surface area contributed by atoms with Gasteiger partial charge in [0.1, 0.15) is 0 Å². The van der Waals surface area contributed by atoms with E-state index >= 15 is 0 Å². The van der Waals surface area contributed by atoms with E-state index < -0.39 is 10.0 Å². The molecular formula is C12H17BrN2O3S. The first-order valence-electron chi connectivity index (χ1n) is 5.75. The Morgan fingerprint density at radius 2 is 1.84 bits per heavy atom. The van der Waals surface area contributed by atoms with Gasteiger partial charge in [0.2, 0.25) is 15.9 Å². The number of carbonyl (C=O) groups is 1. The number of hydrogen-bond acceptors (Lipinski definition) is 3. The first-order chi connectivity index (χ1) is 8.80. The molecule has 0 N–H and O–H groups in total. The van der Waals surface area contributed by atoms with E-state index in [0.29, 0.717) is 4.47 Å². The molecule has 0 aliphatic rings. The van der Waals surface area contributed by atoms with E-state index in [4.69, 9.17) is 0 Å². The Bertz CT molecular complexity index is 558. The highest BCUT2D eigenvalue weighted by Gasteiger charge is 2.27. The van der Waals surface area contributed by atoms with Crippen molar-refractivity contribution in [2.24, 2.45) is 0 Å². The van der Waals surface area contributed by atoms with Gasteiger partial charge in [0.05, 0.1) is 11.4 Å². The fraction of sp³-hybridized carbons (Fsp3) is 0.417. The van der Waals surface area contributed by atoms with Crippen molar-refractivity contribution in [3.05, 3.63) is 28.7 Å². The van der Waals surface area contributed by atoms with Gasteiger partial charge in [-0.25, -0.2) is 8.42 Å². The van der Waals surface area contributed by atoms with E-state index in [2.05, 4.69) is 15.9 Å². The zero-order chi connectivity index (χ0) is 14.6. The van der Waals surface area contributed by atoms with Gasteiger partial charge in [-0.05, 0) is 28.1 Å². The second-order valence-electron chi connectivity index (χ2n) is 4.15. The van der Waals surface area contributed by atoms with Gasteiger partial charge >= 0.3 is 0 Å². The maximum absolute atomic E-state index is 12.5. The number of benzene rings is 1. The second-order valence-corrected chi connectivity index (χ2v) is 6.91.